The topological polar surface area (TPSA) is 63.3 Å². The number of ketones is 1. The summed E-state index contributed by atoms with van der Waals surface area (Å²) in [6.07, 6.45) is 11.1. The van der Waals surface area contributed by atoms with Crippen LogP contribution in [0.3, 0.4) is 0 Å². The molecule has 0 aromatic carbocycles. The molecule has 0 bridgehead atoms. The van der Waals surface area contributed by atoms with Gasteiger partial charge < -0.3 is 10.8 Å². The Morgan fingerprint density at radius 3 is 1.75 bits per heavy atom. The second kappa shape index (κ2) is 12.7. The molecule has 0 unspecified atom stereocenters. The molecule has 0 saturated carbocycles. The minimum absolute atomic E-state index is 0.0593. The molecule has 0 aliphatic heterocycles. The predicted octanol–water partition coefficient (Wildman–Crippen LogP) is 2.57. The van der Waals surface area contributed by atoms with Crippen LogP contribution in [0.15, 0.2) is 0 Å². The Kier molecular flexibility index (Phi) is 12.3. The van der Waals surface area contributed by atoms with Gasteiger partial charge in [-0.15, -0.1) is 0 Å². The highest BCUT2D eigenvalue weighted by molar-refractivity contribution is 5.85. The summed E-state index contributed by atoms with van der Waals surface area (Å²) in [5, 5.41) is 8.59. The maximum Gasteiger partial charge on any atom is 0.151 e. The molecule has 0 spiro atoms. The van der Waals surface area contributed by atoms with Crippen LogP contribution in [-0.4, -0.2) is 17.5 Å². The first-order valence-electron chi connectivity index (χ1n) is 6.50. The number of Topliss-reactive ketones (excluding diaryl/α,β-unsaturated/α-hetero) is 1. The van der Waals surface area contributed by atoms with Gasteiger partial charge in [-0.2, -0.15) is 0 Å². The number of unbranched alkanes of at least 4 members (excludes halogenated alkanes) is 8. The summed E-state index contributed by atoms with van der Waals surface area (Å²) in [6.45, 7) is 1.49. The lowest BCUT2D eigenvalue weighted by atomic mass is 10.1. The highest BCUT2D eigenvalue weighted by Gasteiger charge is 1.98. The fraction of sp³-hybridized carbons (Fsp3) is 0.846. The van der Waals surface area contributed by atoms with Crippen LogP contribution in [-0.2, 0) is 4.79 Å². The molecular weight excluding hydrogens is 202 g/mol. The van der Waals surface area contributed by atoms with Crippen molar-refractivity contribution in [3.05, 3.63) is 6.54 Å². The Morgan fingerprint density at radius 1 is 0.875 bits per heavy atom. The van der Waals surface area contributed by atoms with Gasteiger partial charge in [0.1, 0.15) is 0 Å². The molecule has 0 aliphatic rings. The molecule has 3 N–H and O–H groups in total. The van der Waals surface area contributed by atoms with Crippen LogP contribution >= 0.6 is 0 Å². The van der Waals surface area contributed by atoms with Crippen molar-refractivity contribution in [3.8, 4) is 0 Å². The molecule has 0 aliphatic carbocycles. The Labute approximate surface area is 99.4 Å². The van der Waals surface area contributed by atoms with Gasteiger partial charge in [-0.25, -0.2) is 0 Å². The number of aliphatic hydroxyl groups excluding tert-OH is 1. The minimum Gasteiger partial charge on any atom is -0.396 e. The fourth-order valence-corrected chi connectivity index (χ4v) is 1.73. The van der Waals surface area contributed by atoms with Gasteiger partial charge in [0.25, 0.3) is 0 Å². The van der Waals surface area contributed by atoms with Gasteiger partial charge in [0, 0.05) is 13.0 Å². The van der Waals surface area contributed by atoms with Gasteiger partial charge in [0.15, 0.2) is 5.78 Å². The van der Waals surface area contributed by atoms with E-state index in [1.54, 1.807) is 0 Å². The minimum atomic E-state index is 0.0593. The molecular formula is C13H26NO2. The second-order valence-electron chi connectivity index (χ2n) is 4.29. The summed E-state index contributed by atoms with van der Waals surface area (Å²) in [5.41, 5.74) is 5.10. The normalized spacial score (nSPS) is 10.6. The number of aliphatic hydroxyl groups is 1. The van der Waals surface area contributed by atoms with Crippen molar-refractivity contribution in [3.63, 3.8) is 0 Å². The van der Waals surface area contributed by atoms with E-state index in [-0.39, 0.29) is 5.78 Å². The van der Waals surface area contributed by atoms with E-state index in [4.69, 9.17) is 10.8 Å². The van der Waals surface area contributed by atoms with Crippen molar-refractivity contribution >= 4 is 5.78 Å². The molecule has 0 heterocycles. The highest BCUT2D eigenvalue weighted by Crippen LogP contribution is 2.10. The van der Waals surface area contributed by atoms with Crippen LogP contribution in [0.2, 0.25) is 0 Å². The highest BCUT2D eigenvalue weighted by atomic mass is 16.2. The summed E-state index contributed by atoms with van der Waals surface area (Å²) in [7, 11) is 0. The largest absolute Gasteiger partial charge is 0.396 e. The molecule has 0 fully saturated rings. The lowest BCUT2D eigenvalue weighted by molar-refractivity contribution is -0.116. The molecule has 3 heteroatoms. The van der Waals surface area contributed by atoms with Crippen LogP contribution in [0, 0.1) is 6.54 Å². The van der Waals surface area contributed by atoms with E-state index < -0.39 is 0 Å². The SMILES string of the molecule is N[CH]C(=O)CCCCCCCCCCCO. The summed E-state index contributed by atoms with van der Waals surface area (Å²) < 4.78 is 0. The Morgan fingerprint density at radius 2 is 1.31 bits per heavy atom. The quantitative estimate of drug-likeness (QED) is 0.505. The van der Waals surface area contributed by atoms with Crippen molar-refractivity contribution in [1.82, 2.24) is 0 Å². The lowest BCUT2D eigenvalue weighted by Crippen LogP contribution is -2.05. The van der Waals surface area contributed by atoms with Crippen molar-refractivity contribution in [2.24, 2.45) is 5.73 Å². The first kappa shape index (κ1) is 15.6. The van der Waals surface area contributed by atoms with Gasteiger partial charge >= 0.3 is 0 Å². The van der Waals surface area contributed by atoms with E-state index in [0.29, 0.717) is 13.0 Å². The van der Waals surface area contributed by atoms with E-state index in [9.17, 15) is 4.79 Å². The third-order valence-corrected chi connectivity index (χ3v) is 2.77. The van der Waals surface area contributed by atoms with Crippen molar-refractivity contribution in [1.29, 1.82) is 0 Å². The van der Waals surface area contributed by atoms with E-state index in [1.165, 1.54) is 38.6 Å². The molecule has 95 valence electrons. The number of hydrogen-bond acceptors (Lipinski definition) is 3. The zero-order chi connectivity index (χ0) is 12.1. The number of carbonyl (C=O) groups excluding carboxylic acids is 1. The standard InChI is InChI=1S/C13H26NO2/c14-12-13(16)10-8-6-4-2-1-3-5-7-9-11-15/h12,15H,1-11,14H2. The molecule has 0 aromatic heterocycles. The fourth-order valence-electron chi connectivity index (χ4n) is 1.73. The van der Waals surface area contributed by atoms with Crippen molar-refractivity contribution in [2.75, 3.05) is 6.61 Å². The number of hydrogen-bond donors (Lipinski definition) is 2. The summed E-state index contributed by atoms with van der Waals surface area (Å²) >= 11 is 0. The first-order chi connectivity index (χ1) is 7.81. The molecule has 3 nitrogen and oxygen atoms in total. The zero-order valence-corrected chi connectivity index (χ0v) is 10.3. The first-order valence-corrected chi connectivity index (χ1v) is 6.50. The average molecular weight is 228 g/mol. The van der Waals surface area contributed by atoms with E-state index in [2.05, 4.69) is 0 Å². The van der Waals surface area contributed by atoms with E-state index >= 15 is 0 Å². The third kappa shape index (κ3) is 11.7. The molecule has 1 radical (unpaired) electrons. The number of nitrogens with two attached hydrogens (primary N) is 1. The van der Waals surface area contributed by atoms with E-state index in [1.807, 2.05) is 0 Å². The van der Waals surface area contributed by atoms with Crippen LogP contribution in [0.1, 0.15) is 64.2 Å². The molecule has 0 saturated heterocycles. The second-order valence-corrected chi connectivity index (χ2v) is 4.29. The Bertz CT molecular complexity index is 160. The molecule has 0 aromatic rings. The summed E-state index contributed by atoms with van der Waals surface area (Å²) in [5.74, 6) is 0.0593. The molecule has 0 atom stereocenters. The molecule has 16 heavy (non-hydrogen) atoms. The lowest BCUT2D eigenvalue weighted by Gasteiger charge is -2.01. The zero-order valence-electron chi connectivity index (χ0n) is 10.3. The smallest absolute Gasteiger partial charge is 0.151 e. The molecule has 0 amide bonds. The predicted molar refractivity (Wildman–Crippen MR) is 66.8 cm³/mol. The Hall–Kier alpha value is -0.410. The van der Waals surface area contributed by atoms with Crippen LogP contribution in [0.4, 0.5) is 0 Å². The van der Waals surface area contributed by atoms with Gasteiger partial charge in [-0.3, -0.25) is 4.79 Å². The summed E-state index contributed by atoms with van der Waals surface area (Å²) in [6, 6.07) is 0. The third-order valence-electron chi connectivity index (χ3n) is 2.77. The Balaban J connectivity index is 2.96. The number of carbonyl (C=O) groups is 1. The van der Waals surface area contributed by atoms with Crippen LogP contribution in [0.5, 0.6) is 0 Å². The maximum atomic E-state index is 10.8. The van der Waals surface area contributed by atoms with Gasteiger partial charge in [-0.1, -0.05) is 44.9 Å². The van der Waals surface area contributed by atoms with Crippen LogP contribution < -0.4 is 5.73 Å². The van der Waals surface area contributed by atoms with Gasteiger partial charge in [0.05, 0.1) is 6.54 Å². The van der Waals surface area contributed by atoms with E-state index in [0.717, 1.165) is 25.7 Å². The number of rotatable bonds is 12. The monoisotopic (exact) mass is 228 g/mol. The van der Waals surface area contributed by atoms with Gasteiger partial charge in [-0.05, 0) is 12.8 Å². The summed E-state index contributed by atoms with van der Waals surface area (Å²) in [4.78, 5) is 10.8. The van der Waals surface area contributed by atoms with Crippen molar-refractivity contribution in [2.45, 2.75) is 64.2 Å². The van der Waals surface area contributed by atoms with Crippen LogP contribution in [0.25, 0.3) is 0 Å². The van der Waals surface area contributed by atoms with Gasteiger partial charge in [0.2, 0.25) is 0 Å². The average Bonchev–Trinajstić information content (AvgIpc) is 2.31. The molecule has 0 rings (SSSR count). The maximum absolute atomic E-state index is 10.8. The van der Waals surface area contributed by atoms with Crippen molar-refractivity contribution < 1.29 is 9.90 Å².